The van der Waals surface area contributed by atoms with Gasteiger partial charge < -0.3 is 5.11 Å². The number of hydrogen-bond donors (Lipinski definition) is 1. The molecule has 0 aliphatic heterocycles. The number of halogens is 1. The molecule has 0 heterocycles. The standard InChI is InChI=1S/C11H15BrO/c1-7-4-5-11(12)9(3)10(7)6-8(2)13/h4-5,8,13H,6H2,1-3H3. The molecule has 0 bridgehead atoms. The third-order valence-corrected chi connectivity index (χ3v) is 3.13. The lowest BCUT2D eigenvalue weighted by molar-refractivity contribution is 0.195. The van der Waals surface area contributed by atoms with Crippen LogP contribution in [0.4, 0.5) is 0 Å². The molecule has 1 unspecified atom stereocenters. The fourth-order valence-electron chi connectivity index (χ4n) is 1.47. The van der Waals surface area contributed by atoms with Gasteiger partial charge in [0.2, 0.25) is 0 Å². The van der Waals surface area contributed by atoms with Gasteiger partial charge in [0.25, 0.3) is 0 Å². The zero-order valence-electron chi connectivity index (χ0n) is 8.26. The molecule has 0 saturated carbocycles. The van der Waals surface area contributed by atoms with E-state index in [1.54, 1.807) is 0 Å². The fraction of sp³-hybridized carbons (Fsp3) is 0.455. The summed E-state index contributed by atoms with van der Waals surface area (Å²) in [6.45, 7) is 5.98. The van der Waals surface area contributed by atoms with Crippen molar-refractivity contribution in [1.82, 2.24) is 0 Å². The molecule has 0 fully saturated rings. The highest BCUT2D eigenvalue weighted by atomic mass is 79.9. The summed E-state index contributed by atoms with van der Waals surface area (Å²) in [4.78, 5) is 0. The van der Waals surface area contributed by atoms with E-state index < -0.39 is 0 Å². The third-order valence-electron chi connectivity index (χ3n) is 2.27. The highest BCUT2D eigenvalue weighted by Crippen LogP contribution is 2.23. The van der Waals surface area contributed by atoms with Crippen LogP contribution in [0, 0.1) is 13.8 Å². The Morgan fingerprint density at radius 2 is 2.00 bits per heavy atom. The summed E-state index contributed by atoms with van der Waals surface area (Å²) in [5, 5.41) is 9.33. The first-order chi connectivity index (χ1) is 6.02. The van der Waals surface area contributed by atoms with E-state index >= 15 is 0 Å². The maximum Gasteiger partial charge on any atom is 0.0552 e. The quantitative estimate of drug-likeness (QED) is 0.846. The number of hydrogen-bond acceptors (Lipinski definition) is 1. The lowest BCUT2D eigenvalue weighted by Crippen LogP contribution is -2.07. The van der Waals surface area contributed by atoms with Crippen molar-refractivity contribution in [1.29, 1.82) is 0 Å². The Morgan fingerprint density at radius 3 is 2.54 bits per heavy atom. The molecule has 72 valence electrons. The molecule has 0 spiro atoms. The van der Waals surface area contributed by atoms with Gasteiger partial charge in [-0.05, 0) is 49.9 Å². The van der Waals surface area contributed by atoms with E-state index in [9.17, 15) is 5.11 Å². The lowest BCUT2D eigenvalue weighted by Gasteiger charge is -2.12. The molecule has 0 saturated heterocycles. The zero-order valence-corrected chi connectivity index (χ0v) is 9.85. The molecular formula is C11H15BrO. The molecule has 0 aliphatic rings. The van der Waals surface area contributed by atoms with E-state index in [-0.39, 0.29) is 6.10 Å². The van der Waals surface area contributed by atoms with Crippen molar-refractivity contribution >= 4 is 15.9 Å². The normalized spacial score (nSPS) is 13.0. The molecular weight excluding hydrogens is 228 g/mol. The summed E-state index contributed by atoms with van der Waals surface area (Å²) < 4.78 is 1.12. The smallest absolute Gasteiger partial charge is 0.0552 e. The van der Waals surface area contributed by atoms with Gasteiger partial charge in [-0.25, -0.2) is 0 Å². The number of aryl methyl sites for hydroxylation is 1. The van der Waals surface area contributed by atoms with Gasteiger partial charge in [0, 0.05) is 4.47 Å². The molecule has 1 aromatic carbocycles. The maximum atomic E-state index is 9.33. The summed E-state index contributed by atoms with van der Waals surface area (Å²) in [5.74, 6) is 0. The third kappa shape index (κ3) is 2.55. The van der Waals surface area contributed by atoms with Gasteiger partial charge >= 0.3 is 0 Å². The average molecular weight is 243 g/mol. The van der Waals surface area contributed by atoms with Crippen LogP contribution < -0.4 is 0 Å². The molecule has 0 radical (unpaired) electrons. The summed E-state index contributed by atoms with van der Waals surface area (Å²) in [7, 11) is 0. The molecule has 0 amide bonds. The second kappa shape index (κ2) is 4.25. The van der Waals surface area contributed by atoms with Crippen LogP contribution in [-0.2, 0) is 6.42 Å². The molecule has 0 aromatic heterocycles. The number of aliphatic hydroxyl groups excluding tert-OH is 1. The SMILES string of the molecule is Cc1ccc(Br)c(C)c1CC(C)O. The van der Waals surface area contributed by atoms with Crippen molar-refractivity contribution in [3.8, 4) is 0 Å². The lowest BCUT2D eigenvalue weighted by atomic mass is 9.98. The van der Waals surface area contributed by atoms with Crippen LogP contribution in [0.25, 0.3) is 0 Å². The Morgan fingerprint density at radius 1 is 1.38 bits per heavy atom. The Bertz CT molecular complexity index is 305. The second-order valence-corrected chi connectivity index (χ2v) is 4.38. The van der Waals surface area contributed by atoms with Crippen LogP contribution in [0.15, 0.2) is 16.6 Å². The highest BCUT2D eigenvalue weighted by molar-refractivity contribution is 9.10. The first-order valence-corrected chi connectivity index (χ1v) is 5.24. The Balaban J connectivity index is 3.10. The molecule has 0 aliphatic carbocycles. The molecule has 1 nitrogen and oxygen atoms in total. The number of aliphatic hydroxyl groups is 1. The van der Waals surface area contributed by atoms with Gasteiger partial charge in [0.15, 0.2) is 0 Å². The predicted octanol–water partition coefficient (Wildman–Crippen LogP) is 2.99. The van der Waals surface area contributed by atoms with Crippen molar-refractivity contribution < 1.29 is 5.11 Å². The van der Waals surface area contributed by atoms with Gasteiger partial charge in [-0.2, -0.15) is 0 Å². The Hall–Kier alpha value is -0.340. The first kappa shape index (κ1) is 10.7. The minimum atomic E-state index is -0.272. The van der Waals surface area contributed by atoms with Crippen molar-refractivity contribution in [2.75, 3.05) is 0 Å². The van der Waals surface area contributed by atoms with Crippen molar-refractivity contribution in [3.63, 3.8) is 0 Å². The highest BCUT2D eigenvalue weighted by Gasteiger charge is 2.07. The molecule has 1 atom stereocenters. The first-order valence-electron chi connectivity index (χ1n) is 4.45. The molecule has 2 heteroatoms. The molecule has 1 aromatic rings. The van der Waals surface area contributed by atoms with E-state index in [1.807, 2.05) is 6.92 Å². The maximum absolute atomic E-state index is 9.33. The van der Waals surface area contributed by atoms with Crippen LogP contribution in [0.1, 0.15) is 23.6 Å². The van der Waals surface area contributed by atoms with Gasteiger partial charge in [0.1, 0.15) is 0 Å². The van der Waals surface area contributed by atoms with E-state index in [0.29, 0.717) is 0 Å². The summed E-state index contributed by atoms with van der Waals surface area (Å²) >= 11 is 3.49. The molecule has 13 heavy (non-hydrogen) atoms. The van der Waals surface area contributed by atoms with Crippen LogP contribution in [0.3, 0.4) is 0 Å². The van der Waals surface area contributed by atoms with E-state index in [4.69, 9.17) is 0 Å². The predicted molar refractivity (Wildman–Crippen MR) is 59.0 cm³/mol. The Kier molecular flexibility index (Phi) is 3.51. The van der Waals surface area contributed by atoms with Crippen LogP contribution in [-0.4, -0.2) is 11.2 Å². The topological polar surface area (TPSA) is 20.2 Å². The van der Waals surface area contributed by atoms with Gasteiger partial charge in [-0.15, -0.1) is 0 Å². The van der Waals surface area contributed by atoms with Gasteiger partial charge in [0.05, 0.1) is 6.10 Å². The summed E-state index contributed by atoms with van der Waals surface area (Å²) in [6.07, 6.45) is 0.462. The van der Waals surface area contributed by atoms with Gasteiger partial charge in [-0.3, -0.25) is 0 Å². The minimum Gasteiger partial charge on any atom is -0.393 e. The van der Waals surface area contributed by atoms with Crippen molar-refractivity contribution in [2.24, 2.45) is 0 Å². The zero-order chi connectivity index (χ0) is 10.0. The van der Waals surface area contributed by atoms with E-state index in [0.717, 1.165) is 10.9 Å². The largest absolute Gasteiger partial charge is 0.393 e. The Labute approximate surface area is 87.9 Å². The second-order valence-electron chi connectivity index (χ2n) is 3.52. The minimum absolute atomic E-state index is 0.272. The van der Waals surface area contributed by atoms with Crippen LogP contribution >= 0.6 is 15.9 Å². The van der Waals surface area contributed by atoms with Crippen LogP contribution in [0.2, 0.25) is 0 Å². The van der Waals surface area contributed by atoms with E-state index in [2.05, 4.69) is 41.9 Å². The van der Waals surface area contributed by atoms with Crippen molar-refractivity contribution in [2.45, 2.75) is 33.3 Å². The number of rotatable bonds is 2. The summed E-state index contributed by atoms with van der Waals surface area (Å²) in [5.41, 5.74) is 3.74. The van der Waals surface area contributed by atoms with Crippen molar-refractivity contribution in [3.05, 3.63) is 33.3 Å². The fourth-order valence-corrected chi connectivity index (χ4v) is 1.84. The summed E-state index contributed by atoms with van der Waals surface area (Å²) in [6, 6.07) is 4.13. The number of benzene rings is 1. The van der Waals surface area contributed by atoms with Crippen LogP contribution in [0.5, 0.6) is 0 Å². The monoisotopic (exact) mass is 242 g/mol. The molecule has 1 N–H and O–H groups in total. The van der Waals surface area contributed by atoms with Gasteiger partial charge in [-0.1, -0.05) is 22.0 Å². The average Bonchev–Trinajstić information content (AvgIpc) is 2.05. The molecule has 1 rings (SSSR count). The van der Waals surface area contributed by atoms with E-state index in [1.165, 1.54) is 16.7 Å².